The number of carbonyl (C=O) groups is 1. The molecule has 6 rings (SSSR count). The van der Waals surface area contributed by atoms with Crippen LogP contribution >= 0.6 is 0 Å². The summed E-state index contributed by atoms with van der Waals surface area (Å²) < 4.78 is 21.1. The molecule has 0 N–H and O–H groups in total. The molecule has 0 spiro atoms. The summed E-state index contributed by atoms with van der Waals surface area (Å²) in [7, 11) is 1.55. The van der Waals surface area contributed by atoms with E-state index in [0.717, 1.165) is 28.8 Å². The lowest BCUT2D eigenvalue weighted by molar-refractivity contribution is -0.393. The van der Waals surface area contributed by atoms with Gasteiger partial charge in [0.2, 0.25) is 0 Å². The molecule has 290 valence electrons. The van der Waals surface area contributed by atoms with Crippen molar-refractivity contribution in [1.82, 2.24) is 0 Å². The zero-order valence-corrected chi connectivity index (χ0v) is 30.8. The van der Waals surface area contributed by atoms with Crippen molar-refractivity contribution in [3.05, 3.63) is 172 Å². The Bertz CT molecular complexity index is 2310. The van der Waals surface area contributed by atoms with Crippen molar-refractivity contribution in [2.75, 3.05) is 46.8 Å². The molecule has 0 saturated carbocycles. The molecular weight excluding hydrogens is 734 g/mol. The molecule has 14 nitrogen and oxygen atoms in total. The van der Waals surface area contributed by atoms with Gasteiger partial charge in [-0.1, -0.05) is 97.1 Å². The molecule has 2 aliphatic rings. The van der Waals surface area contributed by atoms with Crippen LogP contribution in [0.2, 0.25) is 0 Å². The van der Waals surface area contributed by atoms with Gasteiger partial charge in [-0.15, -0.1) is 0 Å². The maximum Gasteiger partial charge on any atom is 0.339 e. The number of ether oxygens (including phenoxy) is 4. The first-order valence-corrected chi connectivity index (χ1v) is 17.9. The van der Waals surface area contributed by atoms with E-state index in [2.05, 4.69) is 24.3 Å². The van der Waals surface area contributed by atoms with E-state index in [4.69, 9.17) is 18.9 Å². The monoisotopic (exact) mass is 771 g/mol. The molecule has 14 heteroatoms. The first-order valence-electron chi connectivity index (χ1n) is 17.9. The Morgan fingerprint density at radius 2 is 1.14 bits per heavy atom. The fraction of sp³-hybridized carbons (Fsp3) is 0.186. The molecule has 0 amide bonds. The van der Waals surface area contributed by atoms with Gasteiger partial charge >= 0.3 is 5.97 Å². The van der Waals surface area contributed by atoms with Crippen molar-refractivity contribution in [2.45, 2.75) is 0 Å². The second kappa shape index (κ2) is 18.6. The summed E-state index contributed by atoms with van der Waals surface area (Å²) in [6.45, 7) is 1.05. The summed E-state index contributed by atoms with van der Waals surface area (Å²) in [6, 6.07) is 19.5. The van der Waals surface area contributed by atoms with Crippen LogP contribution in [0.1, 0.15) is 43.7 Å². The van der Waals surface area contributed by atoms with E-state index in [9.17, 15) is 35.1 Å². The summed E-state index contributed by atoms with van der Waals surface area (Å²) >= 11 is 0. The van der Waals surface area contributed by atoms with Crippen LogP contribution in [-0.4, -0.2) is 67.5 Å². The lowest BCUT2D eigenvalue weighted by Crippen LogP contribution is -2.15. The van der Waals surface area contributed by atoms with E-state index in [-0.39, 0.29) is 59.8 Å². The van der Waals surface area contributed by atoms with Gasteiger partial charge in [0, 0.05) is 42.4 Å². The zero-order chi connectivity index (χ0) is 40.3. The maximum absolute atomic E-state index is 13.6. The van der Waals surface area contributed by atoms with Gasteiger partial charge in [-0.05, 0) is 39.5 Å². The number of hydrogen-bond donors (Lipinski definition) is 0. The van der Waals surface area contributed by atoms with Crippen LogP contribution < -0.4 is 0 Å². The van der Waals surface area contributed by atoms with Crippen molar-refractivity contribution in [3.8, 4) is 11.1 Å². The molecule has 57 heavy (non-hydrogen) atoms. The van der Waals surface area contributed by atoms with Crippen LogP contribution in [0.4, 0.5) is 17.1 Å². The molecule has 0 atom stereocenters. The van der Waals surface area contributed by atoms with Crippen LogP contribution in [-0.2, 0) is 18.9 Å². The molecule has 4 aromatic carbocycles. The first kappa shape index (κ1) is 39.8. The van der Waals surface area contributed by atoms with Crippen LogP contribution in [0.25, 0.3) is 41.0 Å². The number of nitrogens with zero attached hydrogens (tertiary/aromatic N) is 3. The quantitative estimate of drug-likeness (QED) is 0.0273. The number of fused-ring (bicyclic) bond motifs is 3. The van der Waals surface area contributed by atoms with Crippen molar-refractivity contribution in [1.29, 1.82) is 0 Å². The highest BCUT2D eigenvalue weighted by molar-refractivity contribution is 6.15. The van der Waals surface area contributed by atoms with E-state index in [1.165, 1.54) is 12.1 Å². The Morgan fingerprint density at radius 3 is 1.70 bits per heavy atom. The number of esters is 1. The van der Waals surface area contributed by atoms with E-state index in [1.807, 2.05) is 60.7 Å². The van der Waals surface area contributed by atoms with Gasteiger partial charge in [0.15, 0.2) is 0 Å². The Morgan fingerprint density at radius 1 is 0.632 bits per heavy atom. The van der Waals surface area contributed by atoms with E-state index >= 15 is 0 Å². The van der Waals surface area contributed by atoms with Crippen LogP contribution in [0.3, 0.4) is 0 Å². The maximum atomic E-state index is 13.6. The fourth-order valence-corrected chi connectivity index (χ4v) is 6.33. The predicted molar refractivity (Wildman–Crippen MR) is 215 cm³/mol. The third-order valence-corrected chi connectivity index (χ3v) is 9.10. The van der Waals surface area contributed by atoms with Crippen LogP contribution in [0.15, 0.2) is 103 Å². The number of carbonyl (C=O) groups excluding carboxylic acids is 1. The van der Waals surface area contributed by atoms with Gasteiger partial charge in [-0.2, -0.15) is 0 Å². The number of nitro groups is 3. The Hall–Kier alpha value is -6.87. The molecule has 4 aromatic rings. The van der Waals surface area contributed by atoms with Crippen LogP contribution in [0, 0.1) is 36.3 Å². The molecular formula is C43H37N3O11. The smallest absolute Gasteiger partial charge is 0.339 e. The van der Waals surface area contributed by atoms with Crippen molar-refractivity contribution >= 4 is 52.9 Å². The third kappa shape index (κ3) is 9.87. The molecule has 0 aromatic heterocycles. The lowest BCUT2D eigenvalue weighted by Gasteiger charge is -2.11. The van der Waals surface area contributed by atoms with Gasteiger partial charge in [-0.3, -0.25) is 30.3 Å². The lowest BCUT2D eigenvalue weighted by atomic mass is 9.96. The number of nitro benzene ring substituents is 3. The average molecular weight is 772 g/mol. The van der Waals surface area contributed by atoms with E-state index in [0.29, 0.717) is 24.7 Å². The average Bonchev–Trinajstić information content (AvgIpc) is 3.85. The molecule has 0 radical (unpaired) electrons. The largest absolute Gasteiger partial charge is 0.460 e. The summed E-state index contributed by atoms with van der Waals surface area (Å²) in [5, 5.41) is 36.5. The second-order valence-electron chi connectivity index (χ2n) is 12.9. The summed E-state index contributed by atoms with van der Waals surface area (Å²) in [4.78, 5) is 47.8. The van der Waals surface area contributed by atoms with Gasteiger partial charge < -0.3 is 18.9 Å². The molecule has 0 bridgehead atoms. The minimum absolute atomic E-state index is 0.00539. The Balaban J connectivity index is 1.29. The summed E-state index contributed by atoms with van der Waals surface area (Å²) in [5.41, 5.74) is 1.84. The first-order chi connectivity index (χ1) is 27.6. The van der Waals surface area contributed by atoms with Gasteiger partial charge in [0.1, 0.15) is 6.61 Å². The van der Waals surface area contributed by atoms with Gasteiger partial charge in [0.25, 0.3) is 17.1 Å². The SMILES string of the molecule is COCCOCCOCCOC(=O)c1cc([N+](=O)[O-])cc2c1-c1c(cc([N+](=O)[O-])cc1[N+](=O)[O-])/C2=C\c1ccc(/C=C/c2ccc(/C=C/C3C=CC=C3)cc2)cc1. The third-order valence-electron chi connectivity index (χ3n) is 9.10. The normalized spacial score (nSPS) is 13.8. The second-order valence-corrected chi connectivity index (χ2v) is 12.9. The van der Waals surface area contributed by atoms with Gasteiger partial charge in [0.05, 0.1) is 65.0 Å². The number of rotatable bonds is 18. The van der Waals surface area contributed by atoms with Gasteiger partial charge in [-0.25, -0.2) is 4.79 Å². The minimum atomic E-state index is -0.990. The van der Waals surface area contributed by atoms with E-state index < -0.39 is 37.8 Å². The van der Waals surface area contributed by atoms with E-state index in [1.54, 1.807) is 25.3 Å². The highest BCUT2D eigenvalue weighted by Crippen LogP contribution is 2.53. The number of hydrogen-bond acceptors (Lipinski definition) is 11. The molecule has 0 heterocycles. The molecule has 0 fully saturated rings. The molecule has 0 saturated heterocycles. The topological polar surface area (TPSA) is 183 Å². The molecule has 0 aliphatic heterocycles. The number of methoxy groups -OCH3 is 1. The molecule has 0 unspecified atom stereocenters. The standard InChI is InChI=1S/C43H37N3O11/c1-54-18-19-55-20-21-56-22-23-57-43(47)39-27-34(44(48)49)25-37-36(38-26-35(45(50)51)28-40(46(52)53)42(38)41(37)39)24-33-16-14-32(15-17-33)13-12-31-10-8-30(9-11-31)7-6-29-4-2-3-5-29/h2-17,24-29H,18-23H2,1H3/b7-6+,13-12+,36-24-. The van der Waals surface area contributed by atoms with Crippen LogP contribution in [0.5, 0.6) is 0 Å². The van der Waals surface area contributed by atoms with Crippen molar-refractivity contribution in [3.63, 3.8) is 0 Å². The fourth-order valence-electron chi connectivity index (χ4n) is 6.33. The minimum Gasteiger partial charge on any atom is -0.460 e. The summed E-state index contributed by atoms with van der Waals surface area (Å²) in [6.07, 6.45) is 18.0. The van der Waals surface area contributed by atoms with Crippen molar-refractivity contribution < 1.29 is 38.5 Å². The number of benzene rings is 4. The zero-order valence-electron chi connectivity index (χ0n) is 30.8. The van der Waals surface area contributed by atoms with Crippen molar-refractivity contribution in [2.24, 2.45) is 5.92 Å². The predicted octanol–water partition coefficient (Wildman–Crippen LogP) is 8.74. The number of non-ortho nitro benzene ring substituents is 2. The number of allylic oxidation sites excluding steroid dienone is 5. The highest BCUT2D eigenvalue weighted by Gasteiger charge is 2.38. The Kier molecular flexibility index (Phi) is 13.0. The molecule has 2 aliphatic carbocycles. The Labute approximate surface area is 327 Å². The summed E-state index contributed by atoms with van der Waals surface area (Å²) in [5.74, 6) is -0.687. The highest BCUT2D eigenvalue weighted by atomic mass is 16.6.